The number of hydrogen-bond acceptors (Lipinski definition) is 4. The van der Waals surface area contributed by atoms with Gasteiger partial charge in [-0.25, -0.2) is 17.4 Å². The number of para-hydroxylation sites is 1. The van der Waals surface area contributed by atoms with E-state index < -0.39 is 15.4 Å². The molecule has 1 aliphatic heterocycles. The molecule has 0 unspecified atom stereocenters. The van der Waals surface area contributed by atoms with Crippen molar-refractivity contribution in [2.24, 2.45) is 0 Å². The third kappa shape index (κ3) is 4.26. The van der Waals surface area contributed by atoms with Crippen LogP contribution in [0.15, 0.2) is 72.9 Å². The van der Waals surface area contributed by atoms with Gasteiger partial charge >= 0.3 is 0 Å². The zero-order chi connectivity index (χ0) is 21.9. The van der Waals surface area contributed by atoms with Gasteiger partial charge in [-0.2, -0.15) is 5.10 Å². The summed E-state index contributed by atoms with van der Waals surface area (Å²) in [5.74, 6) is 0.368. The number of aromatic nitrogens is 2. The first kappa shape index (κ1) is 21.3. The first-order chi connectivity index (χ1) is 14.9. The standard InChI is InChI=1S/C23H26N4O3S/c1-2-31(29,30)26-17-14-23(15-18-26,19-9-5-3-6-10-19)22(28)24-21-13-16-27(25-21)20-11-7-4-8-12-20/h3-13,16H,2,14-15,17-18H2,1H3,(H,24,25,28). The Hall–Kier alpha value is -2.97. The first-order valence-electron chi connectivity index (χ1n) is 10.4. The lowest BCUT2D eigenvalue weighted by atomic mass is 9.72. The molecule has 2 aromatic carbocycles. The molecule has 4 rings (SSSR count). The van der Waals surface area contributed by atoms with E-state index in [-0.39, 0.29) is 11.7 Å². The zero-order valence-electron chi connectivity index (χ0n) is 17.4. The fourth-order valence-electron chi connectivity index (χ4n) is 4.08. The molecule has 1 aromatic heterocycles. The SMILES string of the molecule is CCS(=O)(=O)N1CCC(C(=O)Nc2ccn(-c3ccccc3)n2)(c2ccccc2)CC1. The van der Waals surface area contributed by atoms with Gasteiger partial charge in [0, 0.05) is 25.4 Å². The van der Waals surface area contributed by atoms with Crippen molar-refractivity contribution in [3.63, 3.8) is 0 Å². The summed E-state index contributed by atoms with van der Waals surface area (Å²) in [5, 5.41) is 7.46. The number of carbonyl (C=O) groups is 1. The van der Waals surface area contributed by atoms with E-state index in [1.807, 2.05) is 60.7 Å². The number of benzene rings is 2. The van der Waals surface area contributed by atoms with Gasteiger partial charge in [-0.05, 0) is 37.5 Å². The molecule has 1 N–H and O–H groups in total. The molecule has 7 nitrogen and oxygen atoms in total. The van der Waals surface area contributed by atoms with E-state index in [0.717, 1.165) is 11.3 Å². The largest absolute Gasteiger partial charge is 0.308 e. The quantitative estimate of drug-likeness (QED) is 0.641. The topological polar surface area (TPSA) is 84.3 Å². The monoisotopic (exact) mass is 438 g/mol. The highest BCUT2D eigenvalue weighted by Crippen LogP contribution is 2.37. The van der Waals surface area contributed by atoms with Crippen molar-refractivity contribution in [3.8, 4) is 5.69 Å². The van der Waals surface area contributed by atoms with Crippen molar-refractivity contribution in [3.05, 3.63) is 78.5 Å². The van der Waals surface area contributed by atoms with E-state index in [9.17, 15) is 13.2 Å². The molecule has 1 fully saturated rings. The lowest BCUT2D eigenvalue weighted by molar-refractivity contribution is -0.123. The number of nitrogens with one attached hydrogen (secondary N) is 1. The van der Waals surface area contributed by atoms with Crippen LogP contribution < -0.4 is 5.32 Å². The minimum absolute atomic E-state index is 0.0639. The number of piperidine rings is 1. The number of anilines is 1. The van der Waals surface area contributed by atoms with Crippen LogP contribution in [0.3, 0.4) is 0 Å². The number of rotatable bonds is 6. The van der Waals surface area contributed by atoms with Gasteiger partial charge in [0.1, 0.15) is 0 Å². The molecule has 0 spiro atoms. The van der Waals surface area contributed by atoms with Crippen LogP contribution in [-0.4, -0.2) is 47.3 Å². The van der Waals surface area contributed by atoms with Crippen molar-refractivity contribution in [1.82, 2.24) is 14.1 Å². The molecule has 0 radical (unpaired) electrons. The molecule has 162 valence electrons. The van der Waals surface area contributed by atoms with Crippen LogP contribution in [0, 0.1) is 0 Å². The van der Waals surface area contributed by atoms with E-state index in [2.05, 4.69) is 10.4 Å². The van der Waals surface area contributed by atoms with Crippen LogP contribution in [-0.2, 0) is 20.2 Å². The maximum atomic E-state index is 13.5. The summed E-state index contributed by atoms with van der Waals surface area (Å²) < 4.78 is 27.8. The van der Waals surface area contributed by atoms with E-state index in [1.54, 1.807) is 23.9 Å². The van der Waals surface area contributed by atoms with Gasteiger partial charge in [-0.15, -0.1) is 0 Å². The van der Waals surface area contributed by atoms with E-state index in [4.69, 9.17) is 0 Å². The lowest BCUT2D eigenvalue weighted by Crippen LogP contribution is -2.51. The summed E-state index contributed by atoms with van der Waals surface area (Å²) in [6.07, 6.45) is 2.64. The second kappa shape index (κ2) is 8.64. The summed E-state index contributed by atoms with van der Waals surface area (Å²) >= 11 is 0. The number of sulfonamides is 1. The van der Waals surface area contributed by atoms with Crippen molar-refractivity contribution >= 4 is 21.7 Å². The summed E-state index contributed by atoms with van der Waals surface area (Å²) in [6.45, 7) is 2.28. The minimum Gasteiger partial charge on any atom is -0.308 e. The summed E-state index contributed by atoms with van der Waals surface area (Å²) in [6, 6.07) is 21.0. The normalized spacial score (nSPS) is 16.7. The molecule has 31 heavy (non-hydrogen) atoms. The molecule has 1 saturated heterocycles. The van der Waals surface area contributed by atoms with Gasteiger partial charge in [0.15, 0.2) is 5.82 Å². The number of hydrogen-bond donors (Lipinski definition) is 1. The van der Waals surface area contributed by atoms with Crippen molar-refractivity contribution in [2.75, 3.05) is 24.2 Å². The fraction of sp³-hybridized carbons (Fsp3) is 0.304. The summed E-state index contributed by atoms with van der Waals surface area (Å²) in [5.41, 5.74) is 0.986. The Labute approximate surface area is 182 Å². The van der Waals surface area contributed by atoms with E-state index >= 15 is 0 Å². The fourth-order valence-corrected chi connectivity index (χ4v) is 5.19. The lowest BCUT2D eigenvalue weighted by Gasteiger charge is -2.40. The minimum atomic E-state index is -3.28. The molecule has 0 atom stereocenters. The summed E-state index contributed by atoms with van der Waals surface area (Å²) in [4.78, 5) is 13.5. The molecule has 1 aliphatic rings. The van der Waals surface area contributed by atoms with E-state index in [0.29, 0.717) is 31.7 Å². The van der Waals surface area contributed by atoms with Crippen LogP contribution in [0.5, 0.6) is 0 Å². The van der Waals surface area contributed by atoms with Gasteiger partial charge in [0.2, 0.25) is 15.9 Å². The predicted octanol–water partition coefficient (Wildman–Crippen LogP) is 3.19. The Bertz CT molecular complexity index is 1140. The second-order valence-corrected chi connectivity index (χ2v) is 9.94. The Kier molecular flexibility index (Phi) is 5.93. The molecule has 0 bridgehead atoms. The van der Waals surface area contributed by atoms with E-state index in [1.165, 1.54) is 4.31 Å². The van der Waals surface area contributed by atoms with Crippen LogP contribution in [0.25, 0.3) is 5.69 Å². The Balaban J connectivity index is 1.59. The molecule has 3 aromatic rings. The van der Waals surface area contributed by atoms with Crippen molar-refractivity contribution in [2.45, 2.75) is 25.2 Å². The highest BCUT2D eigenvalue weighted by atomic mass is 32.2. The van der Waals surface area contributed by atoms with Gasteiger partial charge in [-0.1, -0.05) is 48.5 Å². The van der Waals surface area contributed by atoms with Gasteiger partial charge in [0.25, 0.3) is 0 Å². The Morgan fingerprint density at radius 1 is 1.00 bits per heavy atom. The van der Waals surface area contributed by atoms with Gasteiger partial charge in [0.05, 0.1) is 16.9 Å². The third-order valence-electron chi connectivity index (χ3n) is 5.95. The van der Waals surface area contributed by atoms with Crippen LogP contribution in [0.2, 0.25) is 0 Å². The van der Waals surface area contributed by atoms with Gasteiger partial charge in [-0.3, -0.25) is 4.79 Å². The first-order valence-corrected chi connectivity index (χ1v) is 12.0. The Morgan fingerprint density at radius 3 is 2.23 bits per heavy atom. The second-order valence-electron chi connectivity index (χ2n) is 7.68. The average molecular weight is 439 g/mol. The predicted molar refractivity (Wildman–Crippen MR) is 121 cm³/mol. The maximum Gasteiger partial charge on any atom is 0.236 e. The zero-order valence-corrected chi connectivity index (χ0v) is 18.3. The molecule has 0 saturated carbocycles. The highest BCUT2D eigenvalue weighted by Gasteiger charge is 2.44. The molecule has 1 amide bonds. The molecule has 8 heteroatoms. The molecule has 0 aliphatic carbocycles. The Morgan fingerprint density at radius 2 is 1.61 bits per heavy atom. The molecule has 2 heterocycles. The molecular formula is C23H26N4O3S. The smallest absolute Gasteiger partial charge is 0.236 e. The number of carbonyl (C=O) groups excluding carboxylic acids is 1. The van der Waals surface area contributed by atoms with Crippen molar-refractivity contribution in [1.29, 1.82) is 0 Å². The maximum absolute atomic E-state index is 13.5. The number of amides is 1. The number of nitrogens with zero attached hydrogens (tertiary/aromatic N) is 3. The van der Waals surface area contributed by atoms with Crippen LogP contribution in [0.4, 0.5) is 5.82 Å². The van der Waals surface area contributed by atoms with Crippen molar-refractivity contribution < 1.29 is 13.2 Å². The third-order valence-corrected chi connectivity index (χ3v) is 7.83. The highest BCUT2D eigenvalue weighted by molar-refractivity contribution is 7.89. The average Bonchev–Trinajstić information content (AvgIpc) is 3.28. The molecular weight excluding hydrogens is 412 g/mol. The summed E-state index contributed by atoms with van der Waals surface area (Å²) in [7, 11) is -3.28. The van der Waals surface area contributed by atoms with Crippen LogP contribution >= 0.6 is 0 Å². The van der Waals surface area contributed by atoms with Gasteiger partial charge < -0.3 is 5.32 Å². The van der Waals surface area contributed by atoms with Crippen LogP contribution in [0.1, 0.15) is 25.3 Å².